The van der Waals surface area contributed by atoms with Crippen LogP contribution in [0.3, 0.4) is 0 Å². The lowest BCUT2D eigenvalue weighted by Crippen LogP contribution is -1.93. The molecule has 13 heavy (non-hydrogen) atoms. The molecule has 0 aliphatic rings. The molecule has 66 valence electrons. The van der Waals surface area contributed by atoms with Crippen molar-refractivity contribution in [3.05, 3.63) is 48.8 Å². The molecule has 0 atom stereocenters. The SMILES string of the molecule is C=Cc1nnccc1C(=C)C(=C)C. The monoisotopic (exact) mass is 172 g/mol. The standard InChI is InChI=1S/C11H12N2/c1-5-11-10(6-7-12-13-11)9(4)8(2)3/h5-7H,1-2,4H2,3H3. The van der Waals surface area contributed by atoms with Gasteiger partial charge in [0.1, 0.15) is 0 Å². The summed E-state index contributed by atoms with van der Waals surface area (Å²) in [6.45, 7) is 13.3. The highest BCUT2D eigenvalue weighted by Crippen LogP contribution is 2.21. The quantitative estimate of drug-likeness (QED) is 0.655. The first-order valence-electron chi connectivity index (χ1n) is 3.96. The molecule has 1 heterocycles. The van der Waals surface area contributed by atoms with Gasteiger partial charge in [0.05, 0.1) is 11.9 Å². The highest BCUT2D eigenvalue weighted by Gasteiger charge is 2.04. The fraction of sp³-hybridized carbons (Fsp3) is 0.0909. The molecule has 0 bridgehead atoms. The summed E-state index contributed by atoms with van der Waals surface area (Å²) in [7, 11) is 0. The summed E-state index contributed by atoms with van der Waals surface area (Å²) in [4.78, 5) is 0. The maximum Gasteiger partial charge on any atom is 0.0929 e. The van der Waals surface area contributed by atoms with Crippen molar-refractivity contribution in [2.24, 2.45) is 0 Å². The first-order valence-corrected chi connectivity index (χ1v) is 3.96. The van der Waals surface area contributed by atoms with Gasteiger partial charge in [-0.2, -0.15) is 10.2 Å². The van der Waals surface area contributed by atoms with Crippen molar-refractivity contribution >= 4 is 11.6 Å². The van der Waals surface area contributed by atoms with Gasteiger partial charge in [-0.05, 0) is 24.6 Å². The van der Waals surface area contributed by atoms with Crippen LogP contribution in [-0.2, 0) is 0 Å². The van der Waals surface area contributed by atoms with Gasteiger partial charge < -0.3 is 0 Å². The molecule has 2 heteroatoms. The largest absolute Gasteiger partial charge is 0.159 e. The summed E-state index contributed by atoms with van der Waals surface area (Å²) in [5, 5.41) is 7.70. The Hall–Kier alpha value is -1.70. The predicted molar refractivity (Wildman–Crippen MR) is 56.0 cm³/mol. The summed E-state index contributed by atoms with van der Waals surface area (Å²) in [6, 6.07) is 1.86. The zero-order chi connectivity index (χ0) is 9.84. The molecule has 1 aromatic heterocycles. The number of hydrogen-bond donors (Lipinski definition) is 0. The van der Waals surface area contributed by atoms with Crippen LogP contribution in [0.4, 0.5) is 0 Å². The molecular weight excluding hydrogens is 160 g/mol. The Morgan fingerprint density at radius 2 is 2.15 bits per heavy atom. The van der Waals surface area contributed by atoms with E-state index in [9.17, 15) is 0 Å². The van der Waals surface area contributed by atoms with Gasteiger partial charge in [0.25, 0.3) is 0 Å². The normalized spacial score (nSPS) is 9.31. The van der Waals surface area contributed by atoms with Crippen molar-refractivity contribution < 1.29 is 0 Å². The van der Waals surface area contributed by atoms with Crippen molar-refractivity contribution in [2.45, 2.75) is 6.92 Å². The highest BCUT2D eigenvalue weighted by atomic mass is 15.1. The third-order valence-corrected chi connectivity index (χ3v) is 1.78. The van der Waals surface area contributed by atoms with Crippen LogP contribution >= 0.6 is 0 Å². The number of hydrogen-bond acceptors (Lipinski definition) is 2. The Labute approximate surface area is 78.3 Å². The molecular formula is C11H12N2. The maximum atomic E-state index is 3.93. The van der Waals surface area contributed by atoms with E-state index >= 15 is 0 Å². The molecule has 1 aromatic rings. The lowest BCUT2D eigenvalue weighted by atomic mass is 10.0. The van der Waals surface area contributed by atoms with Crippen LogP contribution in [0.25, 0.3) is 11.6 Å². The van der Waals surface area contributed by atoms with Gasteiger partial charge in [-0.25, -0.2) is 0 Å². The number of rotatable bonds is 3. The third kappa shape index (κ3) is 1.90. The van der Waals surface area contributed by atoms with Gasteiger partial charge >= 0.3 is 0 Å². The van der Waals surface area contributed by atoms with Crippen molar-refractivity contribution in [1.29, 1.82) is 0 Å². The van der Waals surface area contributed by atoms with Gasteiger partial charge in [-0.1, -0.05) is 25.3 Å². The van der Waals surface area contributed by atoms with Crippen LogP contribution in [0.2, 0.25) is 0 Å². The number of aromatic nitrogens is 2. The van der Waals surface area contributed by atoms with Crippen LogP contribution in [0.15, 0.2) is 37.6 Å². The molecule has 0 amide bonds. The first kappa shape index (κ1) is 9.39. The molecule has 1 rings (SSSR count). The minimum Gasteiger partial charge on any atom is -0.159 e. The van der Waals surface area contributed by atoms with Crippen molar-refractivity contribution in [3.63, 3.8) is 0 Å². The Kier molecular flexibility index (Phi) is 2.75. The molecule has 0 N–H and O–H groups in total. The Bertz CT molecular complexity index is 364. The summed E-state index contributed by atoms with van der Waals surface area (Å²) in [5.41, 5.74) is 3.49. The van der Waals surface area contributed by atoms with Crippen molar-refractivity contribution in [2.75, 3.05) is 0 Å². The molecule has 0 saturated heterocycles. The lowest BCUT2D eigenvalue weighted by Gasteiger charge is -2.06. The van der Waals surface area contributed by atoms with E-state index in [4.69, 9.17) is 0 Å². The third-order valence-electron chi connectivity index (χ3n) is 1.78. The molecule has 0 aromatic carbocycles. The highest BCUT2D eigenvalue weighted by molar-refractivity contribution is 5.79. The minimum absolute atomic E-state index is 0.746. The average molecular weight is 172 g/mol. The van der Waals surface area contributed by atoms with E-state index < -0.39 is 0 Å². The van der Waals surface area contributed by atoms with E-state index in [0.29, 0.717) is 0 Å². The Morgan fingerprint density at radius 1 is 1.46 bits per heavy atom. The van der Waals surface area contributed by atoms with Crippen LogP contribution in [0.1, 0.15) is 18.2 Å². The van der Waals surface area contributed by atoms with Gasteiger partial charge in [-0.3, -0.25) is 0 Å². The Morgan fingerprint density at radius 3 is 2.69 bits per heavy atom. The summed E-state index contributed by atoms with van der Waals surface area (Å²) in [6.07, 6.45) is 3.30. The molecule has 0 unspecified atom stereocenters. The minimum atomic E-state index is 0.746. The first-order chi connectivity index (χ1) is 6.16. The molecule has 0 aliphatic carbocycles. The van der Waals surface area contributed by atoms with Crippen LogP contribution in [0.5, 0.6) is 0 Å². The molecule has 2 nitrogen and oxygen atoms in total. The summed E-state index contributed by atoms with van der Waals surface area (Å²) >= 11 is 0. The van der Waals surface area contributed by atoms with Gasteiger partial charge in [0, 0.05) is 5.56 Å². The van der Waals surface area contributed by atoms with Crippen molar-refractivity contribution in [1.82, 2.24) is 10.2 Å². The van der Waals surface area contributed by atoms with E-state index in [2.05, 4.69) is 29.9 Å². The topological polar surface area (TPSA) is 25.8 Å². The molecule has 0 fully saturated rings. The van der Waals surface area contributed by atoms with E-state index in [1.54, 1.807) is 12.3 Å². The van der Waals surface area contributed by atoms with E-state index in [1.807, 2.05) is 13.0 Å². The van der Waals surface area contributed by atoms with Gasteiger partial charge in [-0.15, -0.1) is 0 Å². The zero-order valence-electron chi connectivity index (χ0n) is 7.75. The lowest BCUT2D eigenvalue weighted by molar-refractivity contribution is 1.01. The van der Waals surface area contributed by atoms with E-state index in [-0.39, 0.29) is 0 Å². The van der Waals surface area contributed by atoms with Crippen LogP contribution in [0, 0.1) is 0 Å². The average Bonchev–Trinajstić information content (AvgIpc) is 2.16. The molecule has 0 aliphatic heterocycles. The molecule has 0 saturated carbocycles. The fourth-order valence-corrected chi connectivity index (χ4v) is 0.979. The van der Waals surface area contributed by atoms with Crippen LogP contribution in [-0.4, -0.2) is 10.2 Å². The van der Waals surface area contributed by atoms with E-state index in [1.165, 1.54) is 0 Å². The maximum absolute atomic E-state index is 3.93. The second-order valence-electron chi connectivity index (χ2n) is 2.79. The van der Waals surface area contributed by atoms with Crippen molar-refractivity contribution in [3.8, 4) is 0 Å². The van der Waals surface area contributed by atoms with Crippen LogP contribution < -0.4 is 0 Å². The number of allylic oxidation sites excluding steroid dienone is 2. The van der Waals surface area contributed by atoms with Gasteiger partial charge in [0.15, 0.2) is 0 Å². The second-order valence-corrected chi connectivity index (χ2v) is 2.79. The second kappa shape index (κ2) is 3.81. The Balaban J connectivity index is 3.20. The smallest absolute Gasteiger partial charge is 0.0929 e. The summed E-state index contributed by atoms with van der Waals surface area (Å²) in [5.74, 6) is 0. The predicted octanol–water partition coefficient (Wildman–Crippen LogP) is 2.71. The number of nitrogens with zero attached hydrogens (tertiary/aromatic N) is 2. The molecule has 0 radical (unpaired) electrons. The zero-order valence-corrected chi connectivity index (χ0v) is 7.75. The van der Waals surface area contributed by atoms with Gasteiger partial charge in [0.2, 0.25) is 0 Å². The summed E-state index contributed by atoms with van der Waals surface area (Å²) < 4.78 is 0. The fourth-order valence-electron chi connectivity index (χ4n) is 0.979. The van der Waals surface area contributed by atoms with E-state index in [0.717, 1.165) is 22.4 Å². The molecule has 0 spiro atoms.